The smallest absolute Gasteiger partial charge is 0.478 e. The molecule has 0 saturated heterocycles. The normalized spacial score (nSPS) is 13.6. The summed E-state index contributed by atoms with van der Waals surface area (Å²) < 4.78 is 42.6. The molecule has 0 fully saturated rings. The number of halogens is 3. The number of aromatic nitrogens is 4. The number of nitrogens with zero attached hydrogens (tertiary/aromatic N) is 4. The first kappa shape index (κ1) is 23.7. The molecule has 0 atom stereocenters. The minimum absolute atomic E-state index is 0.0777. The average molecular weight is 519 g/mol. The van der Waals surface area contributed by atoms with Crippen LogP contribution >= 0.6 is 0 Å². The zero-order valence-corrected chi connectivity index (χ0v) is 20.0. The van der Waals surface area contributed by atoms with Crippen LogP contribution in [0, 0.1) is 6.92 Å². The van der Waals surface area contributed by atoms with Crippen molar-refractivity contribution in [2.45, 2.75) is 26.1 Å². The summed E-state index contributed by atoms with van der Waals surface area (Å²) >= 11 is 0. The third-order valence-electron chi connectivity index (χ3n) is 6.58. The van der Waals surface area contributed by atoms with Crippen molar-refractivity contribution in [1.29, 1.82) is 0 Å². The van der Waals surface area contributed by atoms with Crippen molar-refractivity contribution in [2.75, 3.05) is 11.4 Å². The molecule has 1 aliphatic heterocycles. The van der Waals surface area contributed by atoms with Gasteiger partial charge in [0.05, 0.1) is 27.8 Å². The number of carboxylic acids is 1. The van der Waals surface area contributed by atoms with Gasteiger partial charge in [0, 0.05) is 23.2 Å². The van der Waals surface area contributed by atoms with Crippen LogP contribution in [-0.4, -0.2) is 44.1 Å². The maximum absolute atomic E-state index is 12.8. The van der Waals surface area contributed by atoms with Crippen LogP contribution in [0.15, 0.2) is 54.6 Å². The van der Waals surface area contributed by atoms with Gasteiger partial charge in [-0.25, -0.2) is 14.8 Å². The Bertz CT molecular complexity index is 1730. The molecule has 1 aliphatic rings. The molecule has 3 aromatic carbocycles. The lowest BCUT2D eigenvalue weighted by Crippen LogP contribution is -2.26. The molecule has 8 nitrogen and oxygen atoms in total. The van der Waals surface area contributed by atoms with Crippen molar-refractivity contribution in [3.63, 3.8) is 0 Å². The van der Waals surface area contributed by atoms with Gasteiger partial charge in [-0.2, -0.15) is 5.10 Å². The second-order valence-corrected chi connectivity index (χ2v) is 9.07. The SMILES string of the molecule is Cc1n[nH]c2ccc(-c3nc4ccc(C(=O)O)cc4nc3N3CCCc4cc(OC(F)(F)F)ccc43)cc12. The van der Waals surface area contributed by atoms with Gasteiger partial charge in [-0.1, -0.05) is 6.07 Å². The molecule has 2 N–H and O–H groups in total. The molecule has 0 bridgehead atoms. The van der Waals surface area contributed by atoms with Gasteiger partial charge in [0.25, 0.3) is 0 Å². The van der Waals surface area contributed by atoms with Gasteiger partial charge in [0.2, 0.25) is 0 Å². The van der Waals surface area contributed by atoms with E-state index in [1.165, 1.54) is 24.3 Å². The number of carboxylic acid groups (broad SMARTS) is 1. The number of aromatic carboxylic acids is 1. The number of carbonyl (C=O) groups is 1. The molecule has 0 aliphatic carbocycles. The van der Waals surface area contributed by atoms with Crippen LogP contribution in [0.2, 0.25) is 0 Å². The standard InChI is InChI=1S/C27H20F3N5O3/c1-14-19-12-16(4-7-20(19)34-33-14)24-25(32-22-13-17(26(36)37)5-8-21(22)31-24)35-10-2-3-15-11-18(6-9-23(15)35)38-27(28,29)30/h4-9,11-13H,2-3,10H2,1H3,(H,33,34)(H,36,37). The van der Waals surface area contributed by atoms with E-state index >= 15 is 0 Å². The number of aryl methyl sites for hydroxylation is 2. The quantitative estimate of drug-likeness (QED) is 0.293. The Balaban J connectivity index is 1.55. The summed E-state index contributed by atoms with van der Waals surface area (Å²) in [5.74, 6) is -0.887. The molecule has 11 heteroatoms. The van der Waals surface area contributed by atoms with Gasteiger partial charge >= 0.3 is 12.3 Å². The predicted molar refractivity (Wildman–Crippen MR) is 135 cm³/mol. The Kier molecular flexibility index (Phi) is 5.44. The number of anilines is 2. The highest BCUT2D eigenvalue weighted by Crippen LogP contribution is 2.40. The summed E-state index contributed by atoms with van der Waals surface area (Å²) in [6, 6.07) is 14.6. The third kappa shape index (κ3) is 4.25. The number of hydrogen-bond acceptors (Lipinski definition) is 6. The van der Waals surface area contributed by atoms with Crippen molar-refractivity contribution in [3.8, 4) is 17.0 Å². The van der Waals surface area contributed by atoms with E-state index < -0.39 is 12.3 Å². The van der Waals surface area contributed by atoms with Gasteiger partial charge < -0.3 is 14.7 Å². The number of ether oxygens (including phenoxy) is 1. The van der Waals surface area contributed by atoms with Crippen LogP contribution in [0.1, 0.15) is 28.0 Å². The highest BCUT2D eigenvalue weighted by Gasteiger charge is 2.32. The predicted octanol–water partition coefficient (Wildman–Crippen LogP) is 6.16. The van der Waals surface area contributed by atoms with Crippen LogP contribution in [0.3, 0.4) is 0 Å². The Morgan fingerprint density at radius 1 is 1.05 bits per heavy atom. The molecule has 0 saturated carbocycles. The molecule has 2 aromatic heterocycles. The lowest BCUT2D eigenvalue weighted by Gasteiger charge is -2.32. The lowest BCUT2D eigenvalue weighted by molar-refractivity contribution is -0.274. The average Bonchev–Trinajstić information content (AvgIpc) is 3.26. The van der Waals surface area contributed by atoms with Crippen LogP contribution in [0.4, 0.5) is 24.7 Å². The molecule has 192 valence electrons. The van der Waals surface area contributed by atoms with Gasteiger partial charge in [-0.3, -0.25) is 5.10 Å². The first-order valence-corrected chi connectivity index (χ1v) is 11.8. The second-order valence-electron chi connectivity index (χ2n) is 9.07. The molecule has 0 radical (unpaired) electrons. The first-order valence-electron chi connectivity index (χ1n) is 11.8. The minimum atomic E-state index is -4.79. The van der Waals surface area contributed by atoms with E-state index in [9.17, 15) is 23.1 Å². The molecule has 0 amide bonds. The van der Waals surface area contributed by atoms with E-state index in [2.05, 4.69) is 14.9 Å². The largest absolute Gasteiger partial charge is 0.573 e. The number of hydrogen-bond donors (Lipinski definition) is 2. The molecular weight excluding hydrogens is 499 g/mol. The third-order valence-corrected chi connectivity index (χ3v) is 6.58. The lowest BCUT2D eigenvalue weighted by atomic mass is 10.00. The summed E-state index contributed by atoms with van der Waals surface area (Å²) in [6.07, 6.45) is -3.55. The van der Waals surface area contributed by atoms with E-state index in [0.717, 1.165) is 22.2 Å². The Morgan fingerprint density at radius 3 is 2.68 bits per heavy atom. The number of nitrogens with one attached hydrogen (secondary N) is 1. The molecule has 38 heavy (non-hydrogen) atoms. The molecule has 0 spiro atoms. The number of alkyl halides is 3. The van der Waals surface area contributed by atoms with Crippen molar-refractivity contribution in [1.82, 2.24) is 20.2 Å². The van der Waals surface area contributed by atoms with Gasteiger partial charge in [0.1, 0.15) is 11.4 Å². The number of fused-ring (bicyclic) bond motifs is 3. The van der Waals surface area contributed by atoms with Crippen molar-refractivity contribution in [3.05, 3.63) is 71.4 Å². The molecule has 6 rings (SSSR count). The fourth-order valence-corrected chi connectivity index (χ4v) is 4.84. The maximum Gasteiger partial charge on any atom is 0.573 e. The Labute approximate surface area is 213 Å². The fourth-order valence-electron chi connectivity index (χ4n) is 4.84. The number of aromatic amines is 1. The monoisotopic (exact) mass is 519 g/mol. The van der Waals surface area contributed by atoms with E-state index in [1.54, 1.807) is 12.1 Å². The summed E-state index contributed by atoms with van der Waals surface area (Å²) in [4.78, 5) is 23.2. The second kappa shape index (κ2) is 8.72. The Morgan fingerprint density at radius 2 is 1.89 bits per heavy atom. The fraction of sp³-hybridized carbons (Fsp3) is 0.185. The zero-order valence-electron chi connectivity index (χ0n) is 20.0. The first-order chi connectivity index (χ1) is 18.2. The van der Waals surface area contributed by atoms with E-state index in [1.807, 2.05) is 30.0 Å². The molecular formula is C27H20F3N5O3. The summed E-state index contributed by atoms with van der Waals surface area (Å²) in [6.45, 7) is 2.44. The van der Waals surface area contributed by atoms with Gasteiger partial charge in [-0.05, 0) is 73.9 Å². The molecule has 5 aromatic rings. The number of H-pyrrole nitrogens is 1. The van der Waals surface area contributed by atoms with Crippen LogP contribution < -0.4 is 9.64 Å². The van der Waals surface area contributed by atoms with Crippen molar-refractivity contribution in [2.24, 2.45) is 0 Å². The van der Waals surface area contributed by atoms with Crippen LogP contribution in [-0.2, 0) is 6.42 Å². The summed E-state index contributed by atoms with van der Waals surface area (Å²) in [7, 11) is 0. The van der Waals surface area contributed by atoms with Crippen LogP contribution in [0.5, 0.6) is 5.75 Å². The van der Waals surface area contributed by atoms with E-state index in [-0.39, 0.29) is 11.3 Å². The summed E-state index contributed by atoms with van der Waals surface area (Å²) in [5, 5.41) is 17.6. The minimum Gasteiger partial charge on any atom is -0.478 e. The van der Waals surface area contributed by atoms with Gasteiger partial charge in [0.15, 0.2) is 5.82 Å². The van der Waals surface area contributed by atoms with E-state index in [4.69, 9.17) is 9.97 Å². The topological polar surface area (TPSA) is 104 Å². The number of benzene rings is 3. The number of rotatable bonds is 4. The van der Waals surface area contributed by atoms with Gasteiger partial charge in [-0.15, -0.1) is 13.2 Å². The zero-order chi connectivity index (χ0) is 26.6. The maximum atomic E-state index is 12.8. The summed E-state index contributed by atoms with van der Waals surface area (Å²) in [5.41, 5.74) is 5.40. The van der Waals surface area contributed by atoms with Crippen molar-refractivity contribution < 1.29 is 27.8 Å². The molecule has 0 unspecified atom stereocenters. The highest BCUT2D eigenvalue weighted by molar-refractivity contribution is 5.95. The highest BCUT2D eigenvalue weighted by atomic mass is 19.4. The van der Waals surface area contributed by atoms with Crippen molar-refractivity contribution >= 4 is 39.4 Å². The molecule has 3 heterocycles. The van der Waals surface area contributed by atoms with E-state index in [0.29, 0.717) is 53.2 Å². The Hall–Kier alpha value is -4.67. The van der Waals surface area contributed by atoms with Crippen LogP contribution in [0.25, 0.3) is 33.2 Å².